The Kier molecular flexibility index (Phi) is 6.96. The van der Waals surface area contributed by atoms with Crippen molar-refractivity contribution in [1.82, 2.24) is 9.97 Å². The Morgan fingerprint density at radius 3 is 2.66 bits per heavy atom. The molecule has 1 aliphatic heterocycles. The highest BCUT2D eigenvalue weighted by molar-refractivity contribution is 9.10. The monoisotopic (exact) mass is 554 g/mol. The maximum absolute atomic E-state index is 13.0. The molecule has 8 nitrogen and oxygen atoms in total. The normalized spacial score (nSPS) is 15.0. The minimum Gasteiger partial charge on any atom is -0.457 e. The summed E-state index contributed by atoms with van der Waals surface area (Å²) in [4.78, 5) is 22.0. The lowest BCUT2D eigenvalue weighted by Gasteiger charge is -2.37. The summed E-state index contributed by atoms with van der Waals surface area (Å²) in [5, 5.41) is 7.10. The van der Waals surface area contributed by atoms with Crippen LogP contribution in [0, 0.1) is 0 Å². The van der Waals surface area contributed by atoms with E-state index in [1.165, 1.54) is 0 Å². The van der Waals surface area contributed by atoms with Crippen molar-refractivity contribution < 1.29 is 18.8 Å². The van der Waals surface area contributed by atoms with Gasteiger partial charge in [-0.25, -0.2) is 19.2 Å². The third-order valence-corrected chi connectivity index (χ3v) is 7.50. The van der Waals surface area contributed by atoms with Crippen molar-refractivity contribution in [3.63, 3.8) is 0 Å². The number of halogens is 1. The maximum Gasteiger partial charge on any atom is 0.422 e. The van der Waals surface area contributed by atoms with Crippen molar-refractivity contribution in [1.29, 1.82) is 0 Å². The fourth-order valence-electron chi connectivity index (χ4n) is 3.94. The summed E-state index contributed by atoms with van der Waals surface area (Å²) in [6, 6.07) is 17.2. The SMILES string of the molecule is CC[N+]1(C(=O)Nc2cc(Oc3ccc4sc(Nc5ccc(Br)cc5)nc4c3)ccn2)CCOCC1. The molecule has 1 saturated heterocycles. The van der Waals surface area contributed by atoms with E-state index >= 15 is 0 Å². The number of anilines is 3. The summed E-state index contributed by atoms with van der Waals surface area (Å²) < 4.78 is 13.9. The number of fused-ring (bicyclic) bond motifs is 1. The molecular formula is C25H25BrN5O3S+. The van der Waals surface area contributed by atoms with Gasteiger partial charge in [0.05, 0.1) is 30.0 Å². The number of amides is 2. The third-order valence-electron chi connectivity index (χ3n) is 6.02. The first-order chi connectivity index (χ1) is 17.0. The van der Waals surface area contributed by atoms with Gasteiger partial charge >= 0.3 is 6.03 Å². The number of ether oxygens (including phenoxy) is 2. The van der Waals surface area contributed by atoms with Crippen molar-refractivity contribution >= 4 is 60.2 Å². The number of nitrogens with one attached hydrogen (secondary N) is 2. The number of morpholine rings is 1. The molecule has 180 valence electrons. The summed E-state index contributed by atoms with van der Waals surface area (Å²) in [6.45, 7) is 5.20. The van der Waals surface area contributed by atoms with Gasteiger partial charge in [-0.15, -0.1) is 0 Å². The van der Waals surface area contributed by atoms with Gasteiger partial charge in [-0.3, -0.25) is 5.32 Å². The zero-order chi connectivity index (χ0) is 24.3. The molecule has 0 unspecified atom stereocenters. The number of carbonyl (C=O) groups is 1. The van der Waals surface area contributed by atoms with E-state index in [4.69, 9.17) is 14.5 Å². The summed E-state index contributed by atoms with van der Waals surface area (Å²) >= 11 is 5.03. The van der Waals surface area contributed by atoms with Crippen molar-refractivity contribution in [2.75, 3.05) is 43.5 Å². The number of pyridine rings is 1. The second-order valence-corrected chi connectivity index (χ2v) is 10.2. The van der Waals surface area contributed by atoms with Crippen LogP contribution in [-0.4, -0.2) is 53.3 Å². The largest absolute Gasteiger partial charge is 0.457 e. The van der Waals surface area contributed by atoms with Crippen LogP contribution in [0.3, 0.4) is 0 Å². The summed E-state index contributed by atoms with van der Waals surface area (Å²) in [5.41, 5.74) is 1.82. The summed E-state index contributed by atoms with van der Waals surface area (Å²) in [5.74, 6) is 1.70. The number of carbonyl (C=O) groups excluding carboxylic acids is 1. The lowest BCUT2D eigenvalue weighted by atomic mass is 10.3. The fourth-order valence-corrected chi connectivity index (χ4v) is 5.07. The quantitative estimate of drug-likeness (QED) is 0.268. The molecular weight excluding hydrogens is 530 g/mol. The van der Waals surface area contributed by atoms with Gasteiger partial charge in [-0.2, -0.15) is 0 Å². The second kappa shape index (κ2) is 10.3. The highest BCUT2D eigenvalue weighted by atomic mass is 79.9. The van der Waals surface area contributed by atoms with Gasteiger partial charge in [0.2, 0.25) is 0 Å². The van der Waals surface area contributed by atoms with Crippen LogP contribution in [0.15, 0.2) is 65.3 Å². The lowest BCUT2D eigenvalue weighted by molar-refractivity contribution is -0.855. The molecule has 0 aliphatic carbocycles. The third kappa shape index (κ3) is 5.46. The van der Waals surface area contributed by atoms with Crippen LogP contribution < -0.4 is 15.4 Å². The number of hydrogen-bond donors (Lipinski definition) is 2. The predicted molar refractivity (Wildman–Crippen MR) is 142 cm³/mol. The Morgan fingerprint density at radius 1 is 1.11 bits per heavy atom. The van der Waals surface area contributed by atoms with E-state index in [9.17, 15) is 4.79 Å². The minimum atomic E-state index is -0.0739. The van der Waals surface area contributed by atoms with Gasteiger partial charge in [0.25, 0.3) is 0 Å². The van der Waals surface area contributed by atoms with Crippen molar-refractivity contribution in [2.45, 2.75) is 6.92 Å². The van der Waals surface area contributed by atoms with Crippen LogP contribution >= 0.6 is 27.3 Å². The Hall–Kier alpha value is -3.05. The summed E-state index contributed by atoms with van der Waals surface area (Å²) in [6.07, 6.45) is 1.63. The van der Waals surface area contributed by atoms with E-state index in [1.54, 1.807) is 29.7 Å². The van der Waals surface area contributed by atoms with Crippen molar-refractivity contribution in [2.24, 2.45) is 0 Å². The molecule has 10 heteroatoms. The van der Waals surface area contributed by atoms with Gasteiger partial charge in [0, 0.05) is 28.5 Å². The fraction of sp³-hybridized carbons (Fsp3) is 0.240. The highest BCUT2D eigenvalue weighted by Crippen LogP contribution is 2.33. The van der Waals surface area contributed by atoms with E-state index in [1.807, 2.05) is 49.4 Å². The number of hydrogen-bond acceptors (Lipinski definition) is 7. The van der Waals surface area contributed by atoms with Gasteiger partial charge in [-0.1, -0.05) is 27.3 Å². The summed E-state index contributed by atoms with van der Waals surface area (Å²) in [7, 11) is 0. The molecule has 0 spiro atoms. The van der Waals surface area contributed by atoms with Gasteiger partial charge < -0.3 is 14.8 Å². The Balaban J connectivity index is 1.28. The van der Waals surface area contributed by atoms with Gasteiger partial charge in [0.1, 0.15) is 30.4 Å². The molecule has 1 fully saturated rings. The Labute approximate surface area is 215 Å². The molecule has 0 radical (unpaired) electrons. The smallest absolute Gasteiger partial charge is 0.422 e. The first kappa shape index (κ1) is 23.7. The molecule has 2 amide bonds. The van der Waals surface area contributed by atoms with E-state index in [0.717, 1.165) is 25.5 Å². The standard InChI is InChI=1S/C25H24BrN5O3S/c1-2-31(11-13-33-14-12-31)25(32)30-23-16-20(9-10-27-23)34-19-7-8-22-21(15-19)29-24(35-22)28-18-5-3-17(26)4-6-18/h3-10,15-16H,2,11-14H2,1H3,(H-,27,28,29,30,32)/p+1. The van der Waals surface area contributed by atoms with Gasteiger partial charge in [-0.05, 0) is 49.4 Å². The number of aromatic nitrogens is 2. The van der Waals surface area contributed by atoms with Crippen LogP contribution in [0.5, 0.6) is 11.5 Å². The highest BCUT2D eigenvalue weighted by Gasteiger charge is 2.37. The first-order valence-electron chi connectivity index (χ1n) is 11.4. The number of rotatable bonds is 6. The Morgan fingerprint density at radius 2 is 1.89 bits per heavy atom. The van der Waals surface area contributed by atoms with Crippen molar-refractivity contribution in [3.05, 3.63) is 65.3 Å². The molecule has 1 aliphatic rings. The zero-order valence-electron chi connectivity index (χ0n) is 19.2. The molecule has 3 heterocycles. The van der Waals surface area contributed by atoms with Crippen LogP contribution in [0.1, 0.15) is 6.92 Å². The molecule has 2 N–H and O–H groups in total. The number of benzene rings is 2. The first-order valence-corrected chi connectivity index (χ1v) is 13.0. The second-order valence-electron chi connectivity index (χ2n) is 8.21. The number of quaternary nitrogens is 1. The molecule has 5 rings (SSSR count). The average Bonchev–Trinajstić information content (AvgIpc) is 3.27. The van der Waals surface area contributed by atoms with E-state index in [2.05, 4.69) is 31.5 Å². The van der Waals surface area contributed by atoms with Crippen LogP contribution in [0.2, 0.25) is 0 Å². The van der Waals surface area contributed by atoms with E-state index < -0.39 is 0 Å². The number of likely N-dealkylation sites (N-methyl/N-ethyl adjacent to an activating group) is 1. The average molecular weight is 555 g/mol. The molecule has 35 heavy (non-hydrogen) atoms. The molecule has 2 aromatic heterocycles. The van der Waals surface area contributed by atoms with Crippen LogP contribution in [0.25, 0.3) is 10.2 Å². The van der Waals surface area contributed by atoms with Crippen LogP contribution in [-0.2, 0) is 4.74 Å². The molecule has 0 bridgehead atoms. The zero-order valence-corrected chi connectivity index (χ0v) is 21.6. The number of thiazole rings is 1. The molecule has 4 aromatic rings. The molecule has 2 aromatic carbocycles. The maximum atomic E-state index is 13.0. The molecule has 0 saturated carbocycles. The van der Waals surface area contributed by atoms with Crippen molar-refractivity contribution in [3.8, 4) is 11.5 Å². The predicted octanol–water partition coefficient (Wildman–Crippen LogP) is 6.39. The number of urea groups is 1. The lowest BCUT2D eigenvalue weighted by Crippen LogP contribution is -2.60. The van der Waals surface area contributed by atoms with Crippen LogP contribution in [0.4, 0.5) is 21.4 Å². The van der Waals surface area contributed by atoms with E-state index in [0.29, 0.717) is 54.6 Å². The number of nitrogens with zero attached hydrogens (tertiary/aromatic N) is 3. The molecule has 0 atom stereocenters. The Bertz CT molecular complexity index is 1340. The minimum absolute atomic E-state index is 0.0739. The van der Waals surface area contributed by atoms with E-state index in [-0.39, 0.29) is 6.03 Å². The van der Waals surface area contributed by atoms with Gasteiger partial charge in [0.15, 0.2) is 5.13 Å². The topological polar surface area (TPSA) is 85.4 Å².